The molecule has 19 heavy (non-hydrogen) atoms. The van der Waals surface area contributed by atoms with Gasteiger partial charge >= 0.3 is 0 Å². The lowest BCUT2D eigenvalue weighted by atomic mass is 10.2. The van der Waals surface area contributed by atoms with Gasteiger partial charge < -0.3 is 15.2 Å². The minimum atomic E-state index is -0.327. The second kappa shape index (κ2) is 6.31. The number of nitrogens with two attached hydrogens (primary N) is 1. The van der Waals surface area contributed by atoms with Gasteiger partial charge in [-0.1, -0.05) is 18.2 Å². The van der Waals surface area contributed by atoms with Gasteiger partial charge in [0.2, 0.25) is 0 Å². The van der Waals surface area contributed by atoms with Gasteiger partial charge in [-0.25, -0.2) is 0 Å². The van der Waals surface area contributed by atoms with Gasteiger partial charge in [0.25, 0.3) is 11.8 Å². The highest BCUT2D eigenvalue weighted by Gasteiger charge is 2.26. The Hall–Kier alpha value is -1.92. The van der Waals surface area contributed by atoms with Gasteiger partial charge in [0.15, 0.2) is 0 Å². The van der Waals surface area contributed by atoms with Crippen LogP contribution in [-0.4, -0.2) is 43.1 Å². The fourth-order valence-electron chi connectivity index (χ4n) is 1.83. The summed E-state index contributed by atoms with van der Waals surface area (Å²) in [5.74, 6) is 0.0251. The van der Waals surface area contributed by atoms with E-state index in [-0.39, 0.29) is 38.2 Å². The maximum absolute atomic E-state index is 11.5. The van der Waals surface area contributed by atoms with Crippen molar-refractivity contribution in [3.63, 3.8) is 0 Å². The average Bonchev–Trinajstić information content (AvgIpc) is 2.42. The fourth-order valence-corrected chi connectivity index (χ4v) is 1.83. The number of hydrogen-bond donors (Lipinski definition) is 1. The van der Waals surface area contributed by atoms with E-state index < -0.39 is 0 Å². The zero-order valence-electron chi connectivity index (χ0n) is 10.5. The Balaban J connectivity index is 1.89. The molecule has 6 heteroatoms. The number of rotatable bonds is 5. The molecule has 2 rings (SSSR count). The van der Waals surface area contributed by atoms with Crippen LogP contribution in [0.15, 0.2) is 24.3 Å². The van der Waals surface area contributed by atoms with Crippen molar-refractivity contribution in [3.05, 3.63) is 29.8 Å². The summed E-state index contributed by atoms with van der Waals surface area (Å²) in [6.45, 7) is 0.746. The van der Waals surface area contributed by atoms with Gasteiger partial charge in [-0.2, -0.15) is 0 Å². The number of morpholine rings is 1. The highest BCUT2D eigenvalue weighted by Crippen LogP contribution is 2.17. The maximum atomic E-state index is 11.5. The molecule has 1 aromatic carbocycles. The molecule has 0 spiro atoms. The topological polar surface area (TPSA) is 81.9 Å². The summed E-state index contributed by atoms with van der Waals surface area (Å²) in [4.78, 5) is 24.1. The molecular weight excluding hydrogens is 248 g/mol. The smallest absolute Gasteiger partial charge is 0.255 e. The molecule has 0 aliphatic carbocycles. The minimum Gasteiger partial charge on any atom is -0.491 e. The van der Waals surface area contributed by atoms with Crippen LogP contribution in [-0.2, 0) is 20.9 Å². The number of ether oxygens (including phenoxy) is 2. The molecule has 6 nitrogen and oxygen atoms in total. The van der Waals surface area contributed by atoms with Gasteiger partial charge in [0.05, 0.1) is 6.54 Å². The zero-order valence-corrected chi connectivity index (χ0v) is 10.5. The quantitative estimate of drug-likeness (QED) is 0.752. The van der Waals surface area contributed by atoms with Crippen molar-refractivity contribution in [3.8, 4) is 5.75 Å². The molecule has 0 radical (unpaired) electrons. The van der Waals surface area contributed by atoms with Crippen LogP contribution in [0.5, 0.6) is 5.75 Å². The first-order chi connectivity index (χ1) is 9.22. The van der Waals surface area contributed by atoms with Crippen molar-refractivity contribution >= 4 is 11.8 Å². The fraction of sp³-hybridized carbons (Fsp3) is 0.385. The lowest BCUT2D eigenvalue weighted by molar-refractivity contribution is -0.158. The van der Waals surface area contributed by atoms with E-state index in [1.807, 2.05) is 24.3 Å². The van der Waals surface area contributed by atoms with Crippen LogP contribution in [0.25, 0.3) is 0 Å². The van der Waals surface area contributed by atoms with Crippen molar-refractivity contribution in [1.29, 1.82) is 0 Å². The van der Waals surface area contributed by atoms with Crippen LogP contribution in [0, 0.1) is 0 Å². The van der Waals surface area contributed by atoms with E-state index in [9.17, 15) is 9.59 Å². The first kappa shape index (κ1) is 13.5. The van der Waals surface area contributed by atoms with Gasteiger partial charge in [0, 0.05) is 12.1 Å². The first-order valence-corrected chi connectivity index (χ1v) is 6.04. The van der Waals surface area contributed by atoms with E-state index in [1.165, 1.54) is 0 Å². The molecule has 0 atom stereocenters. The van der Waals surface area contributed by atoms with Crippen molar-refractivity contribution in [2.24, 2.45) is 5.73 Å². The molecule has 1 heterocycles. The van der Waals surface area contributed by atoms with E-state index >= 15 is 0 Å². The summed E-state index contributed by atoms with van der Waals surface area (Å²) in [6.07, 6.45) is 0. The summed E-state index contributed by atoms with van der Waals surface area (Å²) < 4.78 is 10.4. The molecule has 2 amide bonds. The SMILES string of the molecule is NCc1ccccc1OCCN1C(=O)COCC1=O. The Morgan fingerprint density at radius 1 is 1.21 bits per heavy atom. The number of para-hydroxylation sites is 1. The predicted molar refractivity (Wildman–Crippen MR) is 67.4 cm³/mol. The van der Waals surface area contributed by atoms with E-state index in [1.54, 1.807) is 0 Å². The summed E-state index contributed by atoms with van der Waals surface area (Å²) in [5.41, 5.74) is 6.48. The third kappa shape index (κ3) is 3.30. The van der Waals surface area contributed by atoms with Crippen LogP contribution >= 0.6 is 0 Å². The molecule has 0 bridgehead atoms. The normalized spacial score (nSPS) is 15.7. The Kier molecular flexibility index (Phi) is 4.48. The number of hydrogen-bond acceptors (Lipinski definition) is 5. The molecule has 1 fully saturated rings. The minimum absolute atomic E-state index is 0.0505. The van der Waals surface area contributed by atoms with Crippen LogP contribution in [0.1, 0.15) is 5.56 Å². The standard InChI is InChI=1S/C13H16N2O4/c14-7-10-3-1-2-4-11(10)19-6-5-15-12(16)8-18-9-13(15)17/h1-4H,5-9,14H2. The van der Waals surface area contributed by atoms with Crippen LogP contribution < -0.4 is 10.5 Å². The third-order valence-electron chi connectivity index (χ3n) is 2.82. The highest BCUT2D eigenvalue weighted by atomic mass is 16.5. The highest BCUT2D eigenvalue weighted by molar-refractivity contribution is 5.98. The van der Waals surface area contributed by atoms with E-state index in [0.29, 0.717) is 12.3 Å². The Labute approximate surface area is 111 Å². The molecule has 102 valence electrons. The van der Waals surface area contributed by atoms with Crippen LogP contribution in [0.3, 0.4) is 0 Å². The molecule has 1 aromatic rings. The first-order valence-electron chi connectivity index (χ1n) is 6.04. The number of benzene rings is 1. The zero-order chi connectivity index (χ0) is 13.7. The van der Waals surface area contributed by atoms with Gasteiger partial charge in [-0.3, -0.25) is 14.5 Å². The Bertz CT molecular complexity index is 459. The molecule has 2 N–H and O–H groups in total. The van der Waals surface area contributed by atoms with Gasteiger partial charge in [0.1, 0.15) is 25.6 Å². The monoisotopic (exact) mass is 264 g/mol. The molecule has 0 saturated carbocycles. The van der Waals surface area contributed by atoms with E-state index in [4.69, 9.17) is 15.2 Å². The molecule has 0 aromatic heterocycles. The summed E-state index contributed by atoms with van der Waals surface area (Å²) in [7, 11) is 0. The van der Waals surface area contributed by atoms with Crippen LogP contribution in [0.4, 0.5) is 0 Å². The van der Waals surface area contributed by atoms with Crippen molar-refractivity contribution in [2.45, 2.75) is 6.54 Å². The number of carbonyl (C=O) groups is 2. The largest absolute Gasteiger partial charge is 0.491 e. The second-order valence-corrected chi connectivity index (χ2v) is 4.09. The Morgan fingerprint density at radius 2 is 1.89 bits per heavy atom. The molecular formula is C13H16N2O4. The average molecular weight is 264 g/mol. The van der Waals surface area contributed by atoms with E-state index in [0.717, 1.165) is 10.5 Å². The van der Waals surface area contributed by atoms with Gasteiger partial charge in [-0.05, 0) is 6.07 Å². The number of amides is 2. The van der Waals surface area contributed by atoms with Crippen LogP contribution in [0.2, 0.25) is 0 Å². The Morgan fingerprint density at radius 3 is 2.58 bits per heavy atom. The molecule has 0 unspecified atom stereocenters. The molecule has 1 aliphatic rings. The number of nitrogens with zero attached hydrogens (tertiary/aromatic N) is 1. The van der Waals surface area contributed by atoms with Crippen molar-refractivity contribution in [2.75, 3.05) is 26.4 Å². The third-order valence-corrected chi connectivity index (χ3v) is 2.82. The van der Waals surface area contributed by atoms with E-state index in [2.05, 4.69) is 0 Å². The number of carbonyl (C=O) groups excluding carboxylic acids is 2. The summed E-state index contributed by atoms with van der Waals surface area (Å²) in [5, 5.41) is 0. The van der Waals surface area contributed by atoms with Crippen molar-refractivity contribution in [1.82, 2.24) is 4.90 Å². The predicted octanol–water partition coefficient (Wildman–Crippen LogP) is -0.0905. The van der Waals surface area contributed by atoms with Crippen molar-refractivity contribution < 1.29 is 19.1 Å². The lowest BCUT2D eigenvalue weighted by Crippen LogP contribution is -2.47. The second-order valence-electron chi connectivity index (χ2n) is 4.09. The molecule has 1 saturated heterocycles. The summed E-state index contributed by atoms with van der Waals surface area (Å²) in [6, 6.07) is 7.41. The number of imide groups is 1. The maximum Gasteiger partial charge on any atom is 0.255 e. The summed E-state index contributed by atoms with van der Waals surface area (Å²) >= 11 is 0. The lowest BCUT2D eigenvalue weighted by Gasteiger charge is -2.24. The molecule has 1 aliphatic heterocycles. The van der Waals surface area contributed by atoms with Gasteiger partial charge in [-0.15, -0.1) is 0 Å².